The van der Waals surface area contributed by atoms with Gasteiger partial charge in [-0.05, 0) is 66.1 Å². The van der Waals surface area contributed by atoms with Gasteiger partial charge in [-0.15, -0.1) is 23.1 Å². The van der Waals surface area contributed by atoms with Crippen molar-refractivity contribution < 1.29 is 14.4 Å². The van der Waals surface area contributed by atoms with Gasteiger partial charge in [0.1, 0.15) is 5.70 Å². The van der Waals surface area contributed by atoms with Gasteiger partial charge in [-0.3, -0.25) is 14.4 Å². The molecule has 0 atom stereocenters. The lowest BCUT2D eigenvalue weighted by molar-refractivity contribution is -0.114. The lowest BCUT2D eigenvalue weighted by Gasteiger charge is -2.12. The number of anilines is 2. The Balaban J connectivity index is 1.41. The van der Waals surface area contributed by atoms with Crippen LogP contribution in [-0.2, 0) is 9.59 Å². The molecule has 38 heavy (non-hydrogen) atoms. The van der Waals surface area contributed by atoms with E-state index < -0.39 is 5.91 Å². The van der Waals surface area contributed by atoms with Crippen LogP contribution in [0.2, 0.25) is 10.0 Å². The first kappa shape index (κ1) is 27.5. The van der Waals surface area contributed by atoms with Crippen LogP contribution in [0.3, 0.4) is 0 Å². The Morgan fingerprint density at radius 3 is 2.29 bits per heavy atom. The van der Waals surface area contributed by atoms with Gasteiger partial charge in [-0.25, -0.2) is 0 Å². The van der Waals surface area contributed by atoms with Gasteiger partial charge >= 0.3 is 0 Å². The minimum atomic E-state index is -0.472. The van der Waals surface area contributed by atoms with E-state index in [0.29, 0.717) is 27.0 Å². The van der Waals surface area contributed by atoms with E-state index in [1.54, 1.807) is 66.7 Å². The lowest BCUT2D eigenvalue weighted by Crippen LogP contribution is -2.30. The van der Waals surface area contributed by atoms with Crippen molar-refractivity contribution in [2.75, 3.05) is 16.4 Å². The van der Waals surface area contributed by atoms with E-state index in [2.05, 4.69) is 16.0 Å². The van der Waals surface area contributed by atoms with E-state index in [4.69, 9.17) is 23.2 Å². The van der Waals surface area contributed by atoms with Crippen LogP contribution in [0.25, 0.3) is 6.08 Å². The van der Waals surface area contributed by atoms with Crippen LogP contribution in [0.4, 0.5) is 11.4 Å². The Bertz CT molecular complexity index is 1460. The highest BCUT2D eigenvalue weighted by Crippen LogP contribution is 2.25. The normalized spacial score (nSPS) is 11.1. The Morgan fingerprint density at radius 1 is 0.816 bits per heavy atom. The minimum absolute atomic E-state index is 0.110. The summed E-state index contributed by atoms with van der Waals surface area (Å²) in [6.45, 7) is 0. The molecule has 0 saturated heterocycles. The van der Waals surface area contributed by atoms with E-state index in [1.165, 1.54) is 23.1 Å². The number of benzene rings is 3. The zero-order valence-corrected chi connectivity index (χ0v) is 22.9. The first-order chi connectivity index (χ1) is 18.4. The SMILES string of the molecule is O=C(CSc1cccc(NC(=O)/C(=C/c2cccs2)NC(=O)c2ccccc2)c1)Nc1cc(Cl)cc(Cl)c1. The number of halogens is 2. The molecule has 3 aromatic carbocycles. The molecule has 10 heteroatoms. The maximum atomic E-state index is 13.2. The molecule has 1 aromatic heterocycles. The predicted octanol–water partition coefficient (Wildman–Crippen LogP) is 7.20. The molecule has 6 nitrogen and oxygen atoms in total. The zero-order chi connectivity index (χ0) is 26.9. The fourth-order valence-corrected chi connectivity index (χ4v) is 5.23. The van der Waals surface area contributed by atoms with Crippen molar-refractivity contribution in [3.63, 3.8) is 0 Å². The van der Waals surface area contributed by atoms with Crippen molar-refractivity contribution in [2.45, 2.75) is 4.90 Å². The highest BCUT2D eigenvalue weighted by atomic mass is 35.5. The third kappa shape index (κ3) is 8.22. The van der Waals surface area contributed by atoms with Gasteiger partial charge in [0.25, 0.3) is 11.8 Å². The standard InChI is InChI=1S/C28H21Cl2N3O3S2/c29-19-12-20(30)14-22(13-19)31-26(34)17-38-23-9-4-8-21(15-23)32-28(36)25(16-24-10-5-11-37-24)33-27(35)18-6-2-1-3-7-18/h1-16H,17H2,(H,31,34)(H,32,36)(H,33,35)/b25-16-. The fraction of sp³-hybridized carbons (Fsp3) is 0.0357. The molecule has 4 rings (SSSR count). The van der Waals surface area contributed by atoms with Crippen LogP contribution in [0.15, 0.2) is 101 Å². The van der Waals surface area contributed by atoms with Crippen LogP contribution in [0.5, 0.6) is 0 Å². The first-order valence-corrected chi connectivity index (χ1v) is 13.9. The van der Waals surface area contributed by atoms with E-state index in [-0.39, 0.29) is 23.3 Å². The van der Waals surface area contributed by atoms with Crippen LogP contribution in [0, 0.1) is 0 Å². The summed E-state index contributed by atoms with van der Waals surface area (Å²) in [4.78, 5) is 39.9. The molecular formula is C28H21Cl2N3O3S2. The van der Waals surface area contributed by atoms with Gasteiger partial charge in [0.15, 0.2) is 0 Å². The van der Waals surface area contributed by atoms with Crippen molar-refractivity contribution in [1.82, 2.24) is 5.32 Å². The van der Waals surface area contributed by atoms with E-state index in [0.717, 1.165) is 9.77 Å². The molecule has 3 amide bonds. The van der Waals surface area contributed by atoms with Crippen molar-refractivity contribution in [1.29, 1.82) is 0 Å². The molecular weight excluding hydrogens is 561 g/mol. The summed E-state index contributed by atoms with van der Waals surface area (Å²) in [7, 11) is 0. The van der Waals surface area contributed by atoms with Gasteiger partial charge in [-0.1, -0.05) is 53.5 Å². The number of rotatable bonds is 9. The molecule has 0 spiro atoms. The maximum Gasteiger partial charge on any atom is 0.272 e. The first-order valence-electron chi connectivity index (χ1n) is 11.3. The molecule has 0 aliphatic rings. The average molecular weight is 583 g/mol. The molecule has 0 radical (unpaired) electrons. The van der Waals surface area contributed by atoms with Crippen LogP contribution in [0.1, 0.15) is 15.2 Å². The summed E-state index contributed by atoms with van der Waals surface area (Å²) in [5.41, 5.74) is 1.58. The number of thioether (sulfide) groups is 1. The third-order valence-electron chi connectivity index (χ3n) is 4.97. The van der Waals surface area contributed by atoms with Gasteiger partial charge in [-0.2, -0.15) is 0 Å². The molecule has 1 heterocycles. The van der Waals surface area contributed by atoms with Gasteiger partial charge in [0, 0.05) is 36.8 Å². The summed E-state index contributed by atoms with van der Waals surface area (Å²) in [5, 5.41) is 11.1. The van der Waals surface area contributed by atoms with Crippen LogP contribution in [-0.4, -0.2) is 23.5 Å². The number of amides is 3. The molecule has 0 aliphatic carbocycles. The predicted molar refractivity (Wildman–Crippen MR) is 157 cm³/mol. The number of hydrogen-bond acceptors (Lipinski definition) is 5. The van der Waals surface area contributed by atoms with E-state index in [9.17, 15) is 14.4 Å². The smallest absolute Gasteiger partial charge is 0.272 e. The largest absolute Gasteiger partial charge is 0.325 e. The second kappa shape index (κ2) is 13.3. The molecule has 192 valence electrons. The summed E-state index contributed by atoms with van der Waals surface area (Å²) in [5.74, 6) is -0.953. The Hall–Kier alpha value is -3.56. The number of carbonyl (C=O) groups excluding carboxylic acids is 3. The highest BCUT2D eigenvalue weighted by Gasteiger charge is 2.16. The summed E-state index contributed by atoms with van der Waals surface area (Å²) >= 11 is 14.7. The fourth-order valence-electron chi connectivity index (χ4n) is 3.29. The van der Waals surface area contributed by atoms with Crippen LogP contribution < -0.4 is 16.0 Å². The quantitative estimate of drug-likeness (QED) is 0.144. The summed E-state index contributed by atoms with van der Waals surface area (Å²) in [6.07, 6.45) is 1.63. The molecule has 0 aliphatic heterocycles. The summed E-state index contributed by atoms with van der Waals surface area (Å²) in [6, 6.07) is 24.3. The second-order valence-electron chi connectivity index (χ2n) is 7.87. The van der Waals surface area contributed by atoms with E-state index in [1.807, 2.05) is 29.6 Å². The Labute approximate surface area is 238 Å². The van der Waals surface area contributed by atoms with Crippen molar-refractivity contribution in [3.05, 3.63) is 116 Å². The molecule has 4 aromatic rings. The van der Waals surface area contributed by atoms with Crippen LogP contribution >= 0.6 is 46.3 Å². The van der Waals surface area contributed by atoms with Crippen molar-refractivity contribution >= 4 is 81.5 Å². The van der Waals surface area contributed by atoms with Gasteiger partial charge in [0.2, 0.25) is 5.91 Å². The Morgan fingerprint density at radius 2 is 1.58 bits per heavy atom. The Kier molecular flexibility index (Phi) is 9.62. The highest BCUT2D eigenvalue weighted by molar-refractivity contribution is 8.00. The van der Waals surface area contributed by atoms with Gasteiger partial charge < -0.3 is 16.0 Å². The van der Waals surface area contributed by atoms with Crippen molar-refractivity contribution in [2.24, 2.45) is 0 Å². The topological polar surface area (TPSA) is 87.3 Å². The maximum absolute atomic E-state index is 13.2. The number of carbonyl (C=O) groups is 3. The zero-order valence-electron chi connectivity index (χ0n) is 19.7. The van der Waals surface area contributed by atoms with Crippen molar-refractivity contribution in [3.8, 4) is 0 Å². The van der Waals surface area contributed by atoms with Gasteiger partial charge in [0.05, 0.1) is 5.75 Å². The molecule has 3 N–H and O–H groups in total. The monoisotopic (exact) mass is 581 g/mol. The number of nitrogens with one attached hydrogen (secondary N) is 3. The summed E-state index contributed by atoms with van der Waals surface area (Å²) < 4.78 is 0. The lowest BCUT2D eigenvalue weighted by atomic mass is 10.2. The number of hydrogen-bond donors (Lipinski definition) is 3. The number of thiophene rings is 1. The molecule has 0 unspecified atom stereocenters. The molecule has 0 saturated carbocycles. The second-order valence-corrected chi connectivity index (χ2v) is 10.8. The molecule has 0 bridgehead atoms. The molecule has 0 fully saturated rings. The minimum Gasteiger partial charge on any atom is -0.325 e. The van der Waals surface area contributed by atoms with E-state index >= 15 is 0 Å². The third-order valence-corrected chi connectivity index (χ3v) is 7.22. The average Bonchev–Trinajstić information content (AvgIpc) is 3.40.